The summed E-state index contributed by atoms with van der Waals surface area (Å²) in [5, 5.41) is -0.682. The summed E-state index contributed by atoms with van der Waals surface area (Å²) >= 11 is 0. The molecule has 0 aliphatic heterocycles. The maximum Gasteiger partial charge on any atom is 0.207 e. The Morgan fingerprint density at radius 1 is 0.824 bits per heavy atom. The summed E-state index contributed by atoms with van der Waals surface area (Å²) in [6, 6.07) is 8.59. The summed E-state index contributed by atoms with van der Waals surface area (Å²) in [6.45, 7) is 7.72. The van der Waals surface area contributed by atoms with Crippen molar-refractivity contribution in [3.8, 4) is 23.0 Å². The lowest BCUT2D eigenvalue weighted by Gasteiger charge is -2.22. The van der Waals surface area contributed by atoms with Gasteiger partial charge in [0, 0.05) is 11.1 Å². The van der Waals surface area contributed by atoms with Gasteiger partial charge in [-0.05, 0) is 52.7 Å². The van der Waals surface area contributed by atoms with E-state index in [9.17, 15) is 8.42 Å². The van der Waals surface area contributed by atoms with Gasteiger partial charge in [0.2, 0.25) is 11.5 Å². The van der Waals surface area contributed by atoms with Gasteiger partial charge < -0.3 is 18.9 Å². The third-order valence-electron chi connectivity index (χ3n) is 5.83. The van der Waals surface area contributed by atoms with Crippen LogP contribution in [0.2, 0.25) is 0 Å². The lowest BCUT2D eigenvalue weighted by atomic mass is 9.99. The maximum absolute atomic E-state index is 13.5. The van der Waals surface area contributed by atoms with E-state index in [1.54, 1.807) is 52.7 Å². The first-order chi connectivity index (χ1) is 16.1. The van der Waals surface area contributed by atoms with Crippen molar-refractivity contribution < 1.29 is 27.4 Å². The summed E-state index contributed by atoms with van der Waals surface area (Å²) in [7, 11) is 2.66. The highest BCUT2D eigenvalue weighted by Crippen LogP contribution is 2.49. The molecule has 0 heterocycles. The molecule has 0 saturated carbocycles. The van der Waals surface area contributed by atoms with Crippen LogP contribution in [0.15, 0.2) is 58.5 Å². The first-order valence-corrected chi connectivity index (χ1v) is 12.6. The molecule has 0 aromatic heterocycles. The molecule has 0 aliphatic rings. The lowest BCUT2D eigenvalue weighted by molar-refractivity contribution is 0.302. The molecule has 0 radical (unpaired) electrons. The zero-order valence-corrected chi connectivity index (χ0v) is 22.2. The van der Waals surface area contributed by atoms with Crippen LogP contribution < -0.4 is 18.9 Å². The number of ether oxygens (including phenoxy) is 4. The standard InChI is InChI=1S/C27H36O6S/c1-18(2)14-17-23(34(28,29)21-12-10-9-11-13-21)19(3)15-16-22-20(4)24(30-5)26(32-7)27(33-8)25(22)31-6/h9-15,23H,16-17H2,1-8H3/b19-15+. The Labute approximate surface area is 204 Å². The number of rotatable bonds is 11. The normalized spacial score (nSPS) is 12.6. The highest BCUT2D eigenvalue weighted by atomic mass is 32.2. The molecule has 1 atom stereocenters. The lowest BCUT2D eigenvalue weighted by Crippen LogP contribution is -2.22. The second-order valence-corrected chi connectivity index (χ2v) is 10.4. The van der Waals surface area contributed by atoms with Crippen LogP contribution in [0.3, 0.4) is 0 Å². The van der Waals surface area contributed by atoms with Gasteiger partial charge in [-0.15, -0.1) is 0 Å². The summed E-state index contributed by atoms with van der Waals surface area (Å²) in [4.78, 5) is 0.316. The van der Waals surface area contributed by atoms with Crippen LogP contribution in [-0.4, -0.2) is 42.1 Å². The number of benzene rings is 2. The van der Waals surface area contributed by atoms with Crippen LogP contribution in [0.25, 0.3) is 0 Å². The van der Waals surface area contributed by atoms with Crippen LogP contribution in [-0.2, 0) is 16.3 Å². The van der Waals surface area contributed by atoms with E-state index in [1.807, 2.05) is 45.9 Å². The number of sulfone groups is 1. The monoisotopic (exact) mass is 488 g/mol. The van der Waals surface area contributed by atoms with Gasteiger partial charge in [0.1, 0.15) is 0 Å². The molecule has 2 aromatic carbocycles. The SMILES string of the molecule is COc1c(C)c(C/C=C(\C)C(CC=C(C)C)S(=O)(=O)c2ccccc2)c(OC)c(OC)c1OC. The summed E-state index contributed by atoms with van der Waals surface area (Å²) in [5.41, 5.74) is 3.52. The molecule has 0 saturated heterocycles. The fourth-order valence-electron chi connectivity index (χ4n) is 3.97. The Bertz CT molecular complexity index is 1140. The van der Waals surface area contributed by atoms with E-state index in [0.29, 0.717) is 40.7 Å². The van der Waals surface area contributed by atoms with E-state index >= 15 is 0 Å². The van der Waals surface area contributed by atoms with Gasteiger partial charge in [0.25, 0.3) is 0 Å². The van der Waals surface area contributed by atoms with Crippen LogP contribution in [0, 0.1) is 6.92 Å². The van der Waals surface area contributed by atoms with E-state index in [-0.39, 0.29) is 0 Å². The Morgan fingerprint density at radius 3 is 1.85 bits per heavy atom. The summed E-state index contributed by atoms with van der Waals surface area (Å²) < 4.78 is 49.4. The van der Waals surface area contributed by atoms with Crippen LogP contribution in [0.5, 0.6) is 23.0 Å². The molecule has 2 rings (SSSR count). The fourth-order valence-corrected chi connectivity index (χ4v) is 5.77. The molecule has 34 heavy (non-hydrogen) atoms. The van der Waals surface area contributed by atoms with E-state index in [2.05, 4.69) is 0 Å². The maximum atomic E-state index is 13.5. The van der Waals surface area contributed by atoms with E-state index in [1.165, 1.54) is 0 Å². The first kappa shape index (κ1) is 27.3. The van der Waals surface area contributed by atoms with Crippen molar-refractivity contribution in [2.75, 3.05) is 28.4 Å². The molecule has 0 bridgehead atoms. The van der Waals surface area contributed by atoms with Crippen LogP contribution in [0.1, 0.15) is 38.3 Å². The molecule has 0 fully saturated rings. The third-order valence-corrected chi connectivity index (χ3v) is 8.07. The van der Waals surface area contributed by atoms with E-state index in [4.69, 9.17) is 18.9 Å². The minimum atomic E-state index is -3.58. The molecule has 7 heteroatoms. The Balaban J connectivity index is 2.60. The summed E-state index contributed by atoms with van der Waals surface area (Å²) in [5.74, 6) is 1.98. The smallest absolute Gasteiger partial charge is 0.207 e. The Hall–Kier alpha value is -2.93. The minimum Gasteiger partial charge on any atom is -0.492 e. The number of hydrogen-bond donors (Lipinski definition) is 0. The average Bonchev–Trinajstić information content (AvgIpc) is 2.82. The Morgan fingerprint density at radius 2 is 1.35 bits per heavy atom. The van der Waals surface area contributed by atoms with Gasteiger partial charge >= 0.3 is 0 Å². The number of hydrogen-bond acceptors (Lipinski definition) is 6. The minimum absolute atomic E-state index is 0.316. The average molecular weight is 489 g/mol. The Kier molecular flexibility index (Phi) is 9.62. The van der Waals surface area contributed by atoms with Crippen LogP contribution in [0.4, 0.5) is 0 Å². The van der Waals surface area contributed by atoms with Crippen molar-refractivity contribution in [2.24, 2.45) is 0 Å². The van der Waals surface area contributed by atoms with Gasteiger partial charge in [-0.3, -0.25) is 0 Å². The highest BCUT2D eigenvalue weighted by molar-refractivity contribution is 7.92. The molecule has 6 nitrogen and oxygen atoms in total. The van der Waals surface area contributed by atoms with Gasteiger partial charge in [-0.1, -0.05) is 41.5 Å². The molecule has 2 aromatic rings. The quantitative estimate of drug-likeness (QED) is 0.377. The van der Waals surface area contributed by atoms with Crippen molar-refractivity contribution >= 4 is 9.84 Å². The zero-order valence-electron chi connectivity index (χ0n) is 21.4. The molecule has 186 valence electrons. The van der Waals surface area contributed by atoms with E-state index < -0.39 is 15.1 Å². The summed E-state index contributed by atoms with van der Waals surface area (Å²) in [6.07, 6.45) is 4.74. The van der Waals surface area contributed by atoms with Crippen molar-refractivity contribution in [3.63, 3.8) is 0 Å². The van der Waals surface area contributed by atoms with Gasteiger partial charge in [-0.2, -0.15) is 0 Å². The van der Waals surface area contributed by atoms with Gasteiger partial charge in [0.05, 0.1) is 38.6 Å². The zero-order chi connectivity index (χ0) is 25.5. The van der Waals surface area contributed by atoms with Gasteiger partial charge in [0.15, 0.2) is 21.3 Å². The fraction of sp³-hybridized carbons (Fsp3) is 0.407. The van der Waals surface area contributed by atoms with Crippen LogP contribution >= 0.6 is 0 Å². The molecule has 0 spiro atoms. The van der Waals surface area contributed by atoms with Crippen molar-refractivity contribution in [2.45, 2.75) is 50.7 Å². The molecule has 0 amide bonds. The number of allylic oxidation sites excluding steroid dienone is 3. The largest absolute Gasteiger partial charge is 0.492 e. The van der Waals surface area contributed by atoms with Crippen molar-refractivity contribution in [3.05, 3.63) is 64.8 Å². The molecule has 1 unspecified atom stereocenters. The second-order valence-electron chi connectivity index (χ2n) is 8.25. The topological polar surface area (TPSA) is 71.1 Å². The predicted molar refractivity (Wildman–Crippen MR) is 136 cm³/mol. The highest BCUT2D eigenvalue weighted by Gasteiger charge is 2.29. The van der Waals surface area contributed by atoms with Crippen molar-refractivity contribution in [1.82, 2.24) is 0 Å². The van der Waals surface area contributed by atoms with Gasteiger partial charge in [-0.25, -0.2) is 8.42 Å². The molecular formula is C27H36O6S. The van der Waals surface area contributed by atoms with E-state index in [0.717, 1.165) is 22.3 Å². The predicted octanol–water partition coefficient (Wildman–Crippen LogP) is 5.72. The molecular weight excluding hydrogens is 452 g/mol. The molecule has 0 N–H and O–H groups in total. The molecule has 0 aliphatic carbocycles. The van der Waals surface area contributed by atoms with Crippen molar-refractivity contribution in [1.29, 1.82) is 0 Å². The first-order valence-electron chi connectivity index (χ1n) is 11.1. The third kappa shape index (κ3) is 5.76. The number of methoxy groups -OCH3 is 4. The second kappa shape index (κ2) is 12.0.